The molecule has 0 N–H and O–H groups in total. The van der Waals surface area contributed by atoms with Gasteiger partial charge in [-0.15, -0.1) is 0 Å². The highest BCUT2D eigenvalue weighted by Gasteiger charge is 2.14. The second-order valence-corrected chi connectivity index (χ2v) is 4.69. The molecule has 1 aromatic carbocycles. The van der Waals surface area contributed by atoms with Crippen molar-refractivity contribution < 1.29 is 4.39 Å². The molecule has 0 spiro atoms. The summed E-state index contributed by atoms with van der Waals surface area (Å²) in [7, 11) is 0. The van der Waals surface area contributed by atoms with Gasteiger partial charge in [0.1, 0.15) is 5.82 Å². The first-order valence-corrected chi connectivity index (χ1v) is 5.46. The Morgan fingerprint density at radius 3 is 2.62 bits per heavy atom. The second kappa shape index (κ2) is 4.75. The largest absolute Gasteiger partial charge is 0.207 e. The molecule has 2 unspecified atom stereocenters. The summed E-state index contributed by atoms with van der Waals surface area (Å²) in [6.07, 6.45) is 1.02. The molecule has 13 heavy (non-hydrogen) atoms. The first kappa shape index (κ1) is 10.7. The zero-order chi connectivity index (χ0) is 9.84. The van der Waals surface area contributed by atoms with Gasteiger partial charge in [-0.3, -0.25) is 0 Å². The number of hydrogen-bond donors (Lipinski definition) is 0. The summed E-state index contributed by atoms with van der Waals surface area (Å²) in [6, 6.07) is 6.85. The summed E-state index contributed by atoms with van der Waals surface area (Å²) in [5.74, 6) is 0.250. The number of hydrogen-bond acceptors (Lipinski definition) is 0. The molecule has 0 saturated heterocycles. The average Bonchev–Trinajstić information content (AvgIpc) is 2.04. The van der Waals surface area contributed by atoms with Gasteiger partial charge < -0.3 is 0 Å². The first-order valence-electron chi connectivity index (χ1n) is 4.54. The van der Waals surface area contributed by atoms with Crippen molar-refractivity contribution in [2.75, 3.05) is 0 Å². The van der Waals surface area contributed by atoms with Crippen molar-refractivity contribution in [2.24, 2.45) is 0 Å². The molecule has 72 valence electrons. The van der Waals surface area contributed by atoms with Crippen molar-refractivity contribution in [1.82, 2.24) is 0 Å². The molecule has 0 radical (unpaired) electrons. The molecule has 0 aromatic heterocycles. The van der Waals surface area contributed by atoms with Crippen LogP contribution in [0.5, 0.6) is 0 Å². The molecule has 0 aliphatic rings. The molecule has 1 rings (SSSR count). The van der Waals surface area contributed by atoms with E-state index in [1.54, 1.807) is 12.1 Å². The maximum absolute atomic E-state index is 12.9. The molecule has 0 fully saturated rings. The van der Waals surface area contributed by atoms with Crippen molar-refractivity contribution in [2.45, 2.75) is 31.0 Å². The predicted molar refractivity (Wildman–Crippen MR) is 57.8 cm³/mol. The summed E-state index contributed by atoms with van der Waals surface area (Å²) in [6.45, 7) is 4.21. The van der Waals surface area contributed by atoms with E-state index in [0.717, 1.165) is 12.0 Å². The Morgan fingerprint density at radius 1 is 1.46 bits per heavy atom. The Labute approximate surface area is 87.3 Å². The van der Waals surface area contributed by atoms with Crippen LogP contribution in [-0.4, -0.2) is 4.83 Å². The third-order valence-corrected chi connectivity index (χ3v) is 2.91. The molecule has 0 bridgehead atoms. The fourth-order valence-electron chi connectivity index (χ4n) is 1.56. The monoisotopic (exact) mass is 244 g/mol. The van der Waals surface area contributed by atoms with E-state index in [2.05, 4.69) is 29.8 Å². The van der Waals surface area contributed by atoms with E-state index in [9.17, 15) is 4.39 Å². The summed E-state index contributed by atoms with van der Waals surface area (Å²) in [5.41, 5.74) is 1.08. The minimum absolute atomic E-state index is 0.149. The van der Waals surface area contributed by atoms with Crippen molar-refractivity contribution in [3.8, 4) is 0 Å². The lowest BCUT2D eigenvalue weighted by Crippen LogP contribution is -2.07. The highest BCUT2D eigenvalue weighted by Crippen LogP contribution is 2.28. The highest BCUT2D eigenvalue weighted by atomic mass is 79.9. The van der Waals surface area contributed by atoms with Gasteiger partial charge in [-0.2, -0.15) is 0 Å². The summed E-state index contributed by atoms with van der Waals surface area (Å²) < 4.78 is 12.9. The van der Waals surface area contributed by atoms with E-state index in [0.29, 0.717) is 10.7 Å². The van der Waals surface area contributed by atoms with Gasteiger partial charge >= 0.3 is 0 Å². The molecule has 0 saturated carbocycles. The Bertz CT molecular complexity index is 271. The van der Waals surface area contributed by atoms with Gasteiger partial charge in [-0.05, 0) is 30.0 Å². The van der Waals surface area contributed by atoms with Crippen LogP contribution in [0.3, 0.4) is 0 Å². The molecule has 0 nitrogen and oxygen atoms in total. The van der Waals surface area contributed by atoms with Crippen molar-refractivity contribution >= 4 is 15.9 Å². The van der Waals surface area contributed by atoms with Crippen LogP contribution in [0.15, 0.2) is 24.3 Å². The van der Waals surface area contributed by atoms with Crippen LogP contribution >= 0.6 is 15.9 Å². The Balaban J connectivity index is 2.91. The molecule has 2 heteroatoms. The third kappa shape index (κ3) is 2.80. The van der Waals surface area contributed by atoms with E-state index in [4.69, 9.17) is 0 Å². The Kier molecular flexibility index (Phi) is 3.91. The normalized spacial score (nSPS) is 15.4. The van der Waals surface area contributed by atoms with Crippen LogP contribution in [0.2, 0.25) is 0 Å². The topological polar surface area (TPSA) is 0 Å². The smallest absolute Gasteiger partial charge is 0.123 e. The maximum atomic E-state index is 12.9. The number of benzene rings is 1. The van der Waals surface area contributed by atoms with Crippen molar-refractivity contribution in [3.05, 3.63) is 35.6 Å². The number of halogens is 2. The molecule has 0 aliphatic heterocycles. The lowest BCUT2D eigenvalue weighted by atomic mass is 9.94. The average molecular weight is 245 g/mol. The van der Waals surface area contributed by atoms with Gasteiger partial charge in [0.25, 0.3) is 0 Å². The van der Waals surface area contributed by atoms with E-state index in [1.807, 2.05) is 6.07 Å². The van der Waals surface area contributed by atoms with E-state index < -0.39 is 0 Å². The Hall–Kier alpha value is -0.370. The lowest BCUT2D eigenvalue weighted by molar-refractivity contribution is 0.611. The van der Waals surface area contributed by atoms with Gasteiger partial charge in [-0.1, -0.05) is 41.9 Å². The quantitative estimate of drug-likeness (QED) is 0.703. The third-order valence-electron chi connectivity index (χ3n) is 2.27. The molecular weight excluding hydrogens is 231 g/mol. The molecule has 2 atom stereocenters. The van der Waals surface area contributed by atoms with Crippen LogP contribution in [-0.2, 0) is 0 Å². The minimum Gasteiger partial charge on any atom is -0.207 e. The van der Waals surface area contributed by atoms with E-state index >= 15 is 0 Å². The van der Waals surface area contributed by atoms with E-state index in [-0.39, 0.29) is 5.82 Å². The molecule has 0 aliphatic carbocycles. The molecular formula is C11H14BrF. The summed E-state index contributed by atoms with van der Waals surface area (Å²) in [5, 5.41) is 0. The van der Waals surface area contributed by atoms with E-state index in [1.165, 1.54) is 6.07 Å². The maximum Gasteiger partial charge on any atom is 0.123 e. The minimum atomic E-state index is -0.149. The molecule has 1 aromatic rings. The standard InChI is InChI=1S/C11H14BrF/c1-3-11(8(2)12)9-5-4-6-10(13)7-9/h4-8,11H,3H2,1-2H3. The first-order chi connectivity index (χ1) is 6.15. The van der Waals surface area contributed by atoms with Crippen LogP contribution in [0.4, 0.5) is 4.39 Å². The lowest BCUT2D eigenvalue weighted by Gasteiger charge is -2.17. The zero-order valence-electron chi connectivity index (χ0n) is 7.93. The zero-order valence-corrected chi connectivity index (χ0v) is 9.51. The number of alkyl halides is 1. The Morgan fingerprint density at radius 2 is 2.15 bits per heavy atom. The van der Waals surface area contributed by atoms with Gasteiger partial charge in [0, 0.05) is 4.83 Å². The van der Waals surface area contributed by atoms with Crippen molar-refractivity contribution in [1.29, 1.82) is 0 Å². The predicted octanol–water partition coefficient (Wildman–Crippen LogP) is 4.10. The van der Waals surface area contributed by atoms with Crippen LogP contribution < -0.4 is 0 Å². The van der Waals surface area contributed by atoms with Crippen LogP contribution in [0.25, 0.3) is 0 Å². The fraction of sp³-hybridized carbons (Fsp3) is 0.455. The highest BCUT2D eigenvalue weighted by molar-refractivity contribution is 9.09. The van der Waals surface area contributed by atoms with Gasteiger partial charge in [0.05, 0.1) is 0 Å². The van der Waals surface area contributed by atoms with Crippen LogP contribution in [0.1, 0.15) is 31.7 Å². The second-order valence-electron chi connectivity index (χ2n) is 3.25. The van der Waals surface area contributed by atoms with Gasteiger partial charge in [-0.25, -0.2) is 4.39 Å². The van der Waals surface area contributed by atoms with Gasteiger partial charge in [0.2, 0.25) is 0 Å². The van der Waals surface area contributed by atoms with Crippen molar-refractivity contribution in [3.63, 3.8) is 0 Å². The SMILES string of the molecule is CCC(c1cccc(F)c1)C(C)Br. The fourth-order valence-corrected chi connectivity index (χ4v) is 2.24. The number of rotatable bonds is 3. The summed E-state index contributed by atoms with van der Waals surface area (Å²) >= 11 is 3.54. The molecule has 0 amide bonds. The van der Waals surface area contributed by atoms with Crippen LogP contribution in [0, 0.1) is 5.82 Å². The summed E-state index contributed by atoms with van der Waals surface area (Å²) in [4.78, 5) is 0.388. The molecule has 0 heterocycles. The van der Waals surface area contributed by atoms with Gasteiger partial charge in [0.15, 0.2) is 0 Å².